The number of nitrogen functional groups attached to an aromatic ring is 1. The van der Waals surface area contributed by atoms with Crippen LogP contribution in [0, 0.1) is 5.82 Å². The topological polar surface area (TPSA) is 123 Å². The Labute approximate surface area is 105 Å². The number of rotatable bonds is 3. The third kappa shape index (κ3) is 2.30. The maximum Gasteiger partial charge on any atom is 0.351 e. The maximum atomic E-state index is 14.0. The Bertz CT molecular complexity index is 525. The lowest BCUT2D eigenvalue weighted by Crippen LogP contribution is -2.42. The molecular formula is C9H12F2N4O4. The van der Waals surface area contributed by atoms with Crippen molar-refractivity contribution in [1.82, 2.24) is 15.0 Å². The van der Waals surface area contributed by atoms with E-state index in [0.717, 1.165) is 0 Å². The van der Waals surface area contributed by atoms with E-state index in [1.54, 1.807) is 5.48 Å². The van der Waals surface area contributed by atoms with Gasteiger partial charge in [0.25, 0.3) is 0 Å². The van der Waals surface area contributed by atoms with Crippen molar-refractivity contribution in [3.8, 4) is 0 Å². The average molecular weight is 278 g/mol. The van der Waals surface area contributed by atoms with E-state index in [1.165, 1.54) is 0 Å². The lowest BCUT2D eigenvalue weighted by atomic mass is 10.1. The SMILES string of the molecule is Nc1nc(=O)n([C@@H]2O[C@H](CO)[C@@H](NO)[C@@H]2F)cc1F. The van der Waals surface area contributed by atoms with Gasteiger partial charge in [0.2, 0.25) is 0 Å². The number of ether oxygens (including phenoxy) is 1. The number of hydroxylamine groups is 1. The number of aromatic nitrogens is 2. The molecule has 1 aliphatic rings. The first kappa shape index (κ1) is 13.8. The van der Waals surface area contributed by atoms with Gasteiger partial charge in [-0.3, -0.25) is 4.57 Å². The molecule has 0 radical (unpaired) electrons. The minimum atomic E-state index is -1.88. The number of hydrogen-bond acceptors (Lipinski definition) is 7. The molecule has 0 aromatic carbocycles. The molecule has 19 heavy (non-hydrogen) atoms. The average Bonchev–Trinajstić information content (AvgIpc) is 2.70. The number of alkyl halides is 1. The van der Waals surface area contributed by atoms with Crippen LogP contribution in [0.25, 0.3) is 0 Å². The van der Waals surface area contributed by atoms with Gasteiger partial charge in [0, 0.05) is 0 Å². The number of anilines is 1. The molecular weight excluding hydrogens is 266 g/mol. The van der Waals surface area contributed by atoms with Crippen molar-refractivity contribution < 1.29 is 23.8 Å². The van der Waals surface area contributed by atoms with Crippen LogP contribution in [0.2, 0.25) is 0 Å². The van der Waals surface area contributed by atoms with E-state index in [1.807, 2.05) is 0 Å². The first-order chi connectivity index (χ1) is 8.99. The second-order valence-corrected chi connectivity index (χ2v) is 4.01. The lowest BCUT2D eigenvalue weighted by Gasteiger charge is -2.16. The molecule has 10 heteroatoms. The summed E-state index contributed by atoms with van der Waals surface area (Å²) in [5.74, 6) is -1.61. The summed E-state index contributed by atoms with van der Waals surface area (Å²) in [7, 11) is 0. The first-order valence-corrected chi connectivity index (χ1v) is 5.33. The third-order valence-corrected chi connectivity index (χ3v) is 2.87. The number of halogens is 2. The highest BCUT2D eigenvalue weighted by Crippen LogP contribution is 2.30. The summed E-state index contributed by atoms with van der Waals surface area (Å²) in [6.07, 6.45) is -3.82. The van der Waals surface area contributed by atoms with Crippen LogP contribution >= 0.6 is 0 Å². The van der Waals surface area contributed by atoms with Crippen LogP contribution < -0.4 is 16.9 Å². The number of hydrogen-bond donors (Lipinski definition) is 4. The van der Waals surface area contributed by atoms with Gasteiger partial charge in [-0.25, -0.2) is 13.6 Å². The van der Waals surface area contributed by atoms with E-state index in [9.17, 15) is 13.6 Å². The summed E-state index contributed by atoms with van der Waals surface area (Å²) in [6.45, 7) is -0.589. The largest absolute Gasteiger partial charge is 0.394 e. The summed E-state index contributed by atoms with van der Waals surface area (Å²) in [4.78, 5) is 14.7. The summed E-state index contributed by atoms with van der Waals surface area (Å²) in [5.41, 5.74) is 5.75. The van der Waals surface area contributed by atoms with Crippen molar-refractivity contribution in [1.29, 1.82) is 0 Å². The molecule has 106 valence electrons. The van der Waals surface area contributed by atoms with Crippen molar-refractivity contribution >= 4 is 5.82 Å². The zero-order valence-electron chi connectivity index (χ0n) is 9.53. The quantitative estimate of drug-likeness (QED) is 0.498. The molecule has 0 saturated carbocycles. The normalized spacial score (nSPS) is 30.7. The molecule has 1 saturated heterocycles. The molecule has 0 bridgehead atoms. The summed E-state index contributed by atoms with van der Waals surface area (Å²) >= 11 is 0. The van der Waals surface area contributed by atoms with Crippen LogP contribution in [0.1, 0.15) is 6.23 Å². The van der Waals surface area contributed by atoms with Gasteiger partial charge in [-0.05, 0) is 0 Å². The van der Waals surface area contributed by atoms with Crippen LogP contribution in [0.5, 0.6) is 0 Å². The van der Waals surface area contributed by atoms with Crippen LogP contribution in [-0.2, 0) is 4.74 Å². The van der Waals surface area contributed by atoms with E-state index in [0.29, 0.717) is 10.8 Å². The number of aliphatic hydroxyl groups excluding tert-OH is 1. The minimum Gasteiger partial charge on any atom is -0.394 e. The second-order valence-electron chi connectivity index (χ2n) is 4.01. The Morgan fingerprint density at radius 2 is 2.32 bits per heavy atom. The predicted octanol–water partition coefficient (Wildman–Crippen LogP) is -1.46. The summed E-state index contributed by atoms with van der Waals surface area (Å²) in [5, 5.41) is 17.8. The molecule has 0 unspecified atom stereocenters. The van der Waals surface area contributed by atoms with Crippen molar-refractivity contribution in [2.24, 2.45) is 0 Å². The van der Waals surface area contributed by atoms with Crippen LogP contribution in [0.3, 0.4) is 0 Å². The smallest absolute Gasteiger partial charge is 0.351 e. The minimum absolute atomic E-state index is 0.580. The lowest BCUT2D eigenvalue weighted by molar-refractivity contribution is -0.0449. The van der Waals surface area contributed by atoms with Crippen molar-refractivity contribution in [2.45, 2.75) is 24.5 Å². The van der Waals surface area contributed by atoms with Gasteiger partial charge >= 0.3 is 5.69 Å². The van der Waals surface area contributed by atoms with E-state index in [4.69, 9.17) is 20.8 Å². The number of nitrogens with two attached hydrogens (primary N) is 1. The molecule has 1 aliphatic heterocycles. The highest BCUT2D eigenvalue weighted by molar-refractivity contribution is 5.26. The molecule has 8 nitrogen and oxygen atoms in total. The summed E-state index contributed by atoms with van der Waals surface area (Å²) in [6, 6.07) is -1.25. The number of nitrogens with one attached hydrogen (secondary N) is 1. The van der Waals surface area contributed by atoms with Gasteiger partial charge in [0.15, 0.2) is 24.0 Å². The Morgan fingerprint density at radius 3 is 2.84 bits per heavy atom. The fourth-order valence-electron chi connectivity index (χ4n) is 1.89. The molecule has 1 fully saturated rings. The molecule has 1 aromatic heterocycles. The van der Waals surface area contributed by atoms with Gasteiger partial charge in [-0.15, -0.1) is 0 Å². The van der Waals surface area contributed by atoms with E-state index >= 15 is 0 Å². The molecule has 2 rings (SSSR count). The predicted molar refractivity (Wildman–Crippen MR) is 57.5 cm³/mol. The van der Waals surface area contributed by atoms with E-state index in [2.05, 4.69) is 4.98 Å². The molecule has 0 spiro atoms. The Hall–Kier alpha value is -1.62. The van der Waals surface area contributed by atoms with Gasteiger partial charge in [0.1, 0.15) is 6.10 Å². The van der Waals surface area contributed by atoms with Crippen molar-refractivity contribution in [2.75, 3.05) is 12.3 Å². The monoisotopic (exact) mass is 278 g/mol. The zero-order chi connectivity index (χ0) is 14.2. The molecule has 4 atom stereocenters. The molecule has 2 heterocycles. The molecule has 0 amide bonds. The highest BCUT2D eigenvalue weighted by Gasteiger charge is 2.46. The van der Waals surface area contributed by atoms with Gasteiger partial charge in [-0.1, -0.05) is 0 Å². The Kier molecular flexibility index (Phi) is 3.75. The van der Waals surface area contributed by atoms with E-state index < -0.39 is 48.5 Å². The van der Waals surface area contributed by atoms with Crippen LogP contribution in [-0.4, -0.2) is 44.8 Å². The fraction of sp³-hybridized carbons (Fsp3) is 0.556. The van der Waals surface area contributed by atoms with Gasteiger partial charge in [0.05, 0.1) is 18.8 Å². The maximum absolute atomic E-state index is 14.0. The van der Waals surface area contributed by atoms with Crippen LogP contribution in [0.15, 0.2) is 11.0 Å². The third-order valence-electron chi connectivity index (χ3n) is 2.87. The van der Waals surface area contributed by atoms with Gasteiger partial charge in [-0.2, -0.15) is 10.5 Å². The van der Waals surface area contributed by atoms with Gasteiger partial charge < -0.3 is 20.8 Å². The Balaban J connectivity index is 2.38. The number of aliphatic hydroxyl groups is 1. The van der Waals surface area contributed by atoms with Crippen molar-refractivity contribution in [3.05, 3.63) is 22.5 Å². The first-order valence-electron chi connectivity index (χ1n) is 5.33. The van der Waals surface area contributed by atoms with Crippen molar-refractivity contribution in [3.63, 3.8) is 0 Å². The Morgan fingerprint density at radius 1 is 1.63 bits per heavy atom. The van der Waals surface area contributed by atoms with E-state index in [-0.39, 0.29) is 0 Å². The zero-order valence-corrected chi connectivity index (χ0v) is 9.53. The fourth-order valence-corrected chi connectivity index (χ4v) is 1.89. The van der Waals surface area contributed by atoms with Crippen LogP contribution in [0.4, 0.5) is 14.6 Å². The molecule has 0 aliphatic carbocycles. The summed E-state index contributed by atoms with van der Waals surface area (Å²) < 4.78 is 32.9. The molecule has 5 N–H and O–H groups in total. The molecule has 1 aromatic rings. The standard InChI is InChI=1S/C9H12F2N4O4/c10-3-1-15(9(17)13-7(3)12)8-5(11)6(14-18)4(2-16)19-8/h1,4-6,8,14,16,18H,2H2,(H2,12,13,17)/t4-,5+,6-,8-/m1/s1. The second kappa shape index (κ2) is 5.17. The number of nitrogens with zero attached hydrogens (tertiary/aromatic N) is 2. The highest BCUT2D eigenvalue weighted by atomic mass is 19.1.